The lowest BCUT2D eigenvalue weighted by Crippen LogP contribution is -2.31. The maximum Gasteiger partial charge on any atom is 0.286 e. The molecule has 2 heterocycles. The zero-order valence-corrected chi connectivity index (χ0v) is 18.6. The van der Waals surface area contributed by atoms with Gasteiger partial charge in [0.25, 0.3) is 5.91 Å². The third-order valence-electron chi connectivity index (χ3n) is 5.12. The van der Waals surface area contributed by atoms with Crippen molar-refractivity contribution in [3.05, 3.63) is 69.4 Å². The van der Waals surface area contributed by atoms with Crippen molar-refractivity contribution in [1.82, 2.24) is 14.5 Å². The molecule has 1 saturated heterocycles. The highest BCUT2D eigenvalue weighted by atomic mass is 32.2. The second kappa shape index (κ2) is 8.45. The van der Waals surface area contributed by atoms with Crippen LogP contribution in [0.5, 0.6) is 0 Å². The Morgan fingerprint density at radius 2 is 2.00 bits per heavy atom. The van der Waals surface area contributed by atoms with Crippen LogP contribution in [0, 0.1) is 19.7 Å². The summed E-state index contributed by atoms with van der Waals surface area (Å²) in [5, 5.41) is 11.2. The molecule has 7 nitrogen and oxygen atoms in total. The molecule has 1 atom stereocenters. The molecule has 0 bridgehead atoms. The maximum absolute atomic E-state index is 13.3. The molecule has 1 aliphatic rings. The Morgan fingerprint density at radius 3 is 2.74 bits per heavy atom. The van der Waals surface area contributed by atoms with Crippen LogP contribution in [0.15, 0.2) is 47.4 Å². The molecule has 0 radical (unpaired) electrons. The molecule has 0 saturated carbocycles. The Labute approximate surface area is 184 Å². The van der Waals surface area contributed by atoms with Crippen molar-refractivity contribution in [1.29, 1.82) is 0 Å². The Bertz CT molecular complexity index is 1240. The van der Waals surface area contributed by atoms with Crippen molar-refractivity contribution < 1.29 is 17.6 Å². The van der Waals surface area contributed by atoms with Gasteiger partial charge in [0.05, 0.1) is 10.9 Å². The largest absolute Gasteiger partial charge is 0.320 e. The Morgan fingerprint density at radius 1 is 1.19 bits per heavy atom. The van der Waals surface area contributed by atoms with E-state index in [1.54, 1.807) is 25.1 Å². The van der Waals surface area contributed by atoms with E-state index in [0.717, 1.165) is 16.9 Å². The van der Waals surface area contributed by atoms with Crippen LogP contribution in [0.4, 0.5) is 10.1 Å². The minimum Gasteiger partial charge on any atom is -0.320 e. The van der Waals surface area contributed by atoms with Gasteiger partial charge in [-0.3, -0.25) is 4.79 Å². The van der Waals surface area contributed by atoms with Gasteiger partial charge in [0.2, 0.25) is 15.0 Å². The topological polar surface area (TPSA) is 92.3 Å². The van der Waals surface area contributed by atoms with Gasteiger partial charge in [0.1, 0.15) is 10.8 Å². The minimum atomic E-state index is -3.72. The van der Waals surface area contributed by atoms with E-state index in [9.17, 15) is 17.6 Å². The zero-order chi connectivity index (χ0) is 22.2. The van der Waals surface area contributed by atoms with Gasteiger partial charge in [-0.2, -0.15) is 4.31 Å². The van der Waals surface area contributed by atoms with E-state index in [1.807, 2.05) is 13.0 Å². The molecule has 1 N–H and O–H groups in total. The molecular weight excluding hydrogens is 439 g/mol. The summed E-state index contributed by atoms with van der Waals surface area (Å²) in [5.74, 6) is -0.981. The van der Waals surface area contributed by atoms with Crippen LogP contribution in [0.1, 0.15) is 44.8 Å². The number of carbonyl (C=O) groups is 1. The average molecular weight is 461 g/mol. The lowest BCUT2D eigenvalue weighted by atomic mass is 10.2. The zero-order valence-electron chi connectivity index (χ0n) is 17.0. The Hall–Kier alpha value is -2.69. The van der Waals surface area contributed by atoms with E-state index >= 15 is 0 Å². The van der Waals surface area contributed by atoms with Crippen molar-refractivity contribution in [2.24, 2.45) is 0 Å². The minimum absolute atomic E-state index is 0.0926. The monoisotopic (exact) mass is 460 g/mol. The van der Waals surface area contributed by atoms with Gasteiger partial charge in [-0.1, -0.05) is 35.1 Å². The number of nitrogens with one attached hydrogen (secondary N) is 1. The fourth-order valence-electron chi connectivity index (χ4n) is 3.70. The maximum atomic E-state index is 13.3. The molecule has 3 aromatic rings. The quantitative estimate of drug-likeness (QED) is 0.620. The number of amides is 1. The smallest absolute Gasteiger partial charge is 0.286 e. The van der Waals surface area contributed by atoms with Crippen LogP contribution in [-0.2, 0) is 10.0 Å². The van der Waals surface area contributed by atoms with Gasteiger partial charge in [0, 0.05) is 12.2 Å². The number of aryl methyl sites for hydroxylation is 2. The number of benzene rings is 2. The number of anilines is 1. The number of carbonyl (C=O) groups excluding carboxylic acids is 1. The Kier molecular flexibility index (Phi) is 5.87. The van der Waals surface area contributed by atoms with Crippen LogP contribution < -0.4 is 5.32 Å². The molecule has 4 rings (SSSR count). The van der Waals surface area contributed by atoms with E-state index in [-0.39, 0.29) is 9.90 Å². The van der Waals surface area contributed by atoms with Crippen molar-refractivity contribution in [3.63, 3.8) is 0 Å². The average Bonchev–Trinajstić information content (AvgIpc) is 3.37. The van der Waals surface area contributed by atoms with Crippen LogP contribution in [-0.4, -0.2) is 35.4 Å². The normalized spacial score (nSPS) is 17.1. The first-order valence-electron chi connectivity index (χ1n) is 9.75. The van der Waals surface area contributed by atoms with Crippen LogP contribution >= 0.6 is 11.3 Å². The van der Waals surface area contributed by atoms with Crippen LogP contribution in [0.25, 0.3) is 0 Å². The lowest BCUT2D eigenvalue weighted by molar-refractivity contribution is 0.102. The number of hydrogen-bond acceptors (Lipinski definition) is 6. The van der Waals surface area contributed by atoms with Crippen LogP contribution in [0.2, 0.25) is 0 Å². The van der Waals surface area contributed by atoms with Gasteiger partial charge in [-0.15, -0.1) is 10.2 Å². The van der Waals surface area contributed by atoms with Gasteiger partial charge in [-0.25, -0.2) is 12.8 Å². The summed E-state index contributed by atoms with van der Waals surface area (Å²) >= 11 is 1.05. The molecule has 1 fully saturated rings. The fourth-order valence-corrected chi connectivity index (χ4v) is 6.52. The molecule has 0 spiro atoms. The van der Waals surface area contributed by atoms with E-state index < -0.39 is 27.8 Å². The predicted octanol–water partition coefficient (Wildman–Crippen LogP) is 4.07. The van der Waals surface area contributed by atoms with Crippen molar-refractivity contribution in [2.45, 2.75) is 37.6 Å². The molecule has 1 aliphatic heterocycles. The van der Waals surface area contributed by atoms with Crippen molar-refractivity contribution in [2.75, 3.05) is 11.9 Å². The second-order valence-corrected chi connectivity index (χ2v) is 10.3. The highest BCUT2D eigenvalue weighted by molar-refractivity contribution is 7.89. The lowest BCUT2D eigenvalue weighted by Gasteiger charge is -2.23. The molecule has 1 aromatic heterocycles. The fraction of sp³-hybridized carbons (Fsp3) is 0.286. The van der Waals surface area contributed by atoms with Crippen molar-refractivity contribution in [3.8, 4) is 0 Å². The van der Waals surface area contributed by atoms with Gasteiger partial charge in [0.15, 0.2) is 0 Å². The van der Waals surface area contributed by atoms with E-state index in [0.29, 0.717) is 35.6 Å². The highest BCUT2D eigenvalue weighted by Crippen LogP contribution is 2.38. The summed E-state index contributed by atoms with van der Waals surface area (Å²) < 4.78 is 41.4. The number of rotatable bonds is 5. The first-order chi connectivity index (χ1) is 14.8. The molecule has 2 aromatic carbocycles. The Balaban J connectivity index is 1.57. The number of halogens is 1. The first kappa shape index (κ1) is 21.5. The molecule has 31 heavy (non-hydrogen) atoms. The molecular formula is C21H21FN4O3S2. The van der Waals surface area contributed by atoms with Crippen LogP contribution in [0.3, 0.4) is 0 Å². The van der Waals surface area contributed by atoms with E-state index in [4.69, 9.17) is 0 Å². The molecule has 162 valence electrons. The number of sulfonamides is 1. The standard InChI is InChI=1S/C21H21FN4O3S2/c1-13-8-9-18(14(2)11-13)31(28,29)26-10-4-7-17(26)20-24-25-21(30-20)19(27)23-16-6-3-5-15(22)12-16/h3,5-6,8-9,11-12,17H,4,7,10H2,1-2H3,(H,23,27). The molecule has 0 aliphatic carbocycles. The predicted molar refractivity (Wildman–Crippen MR) is 116 cm³/mol. The number of aromatic nitrogens is 2. The van der Waals surface area contributed by atoms with Crippen molar-refractivity contribution >= 4 is 33.0 Å². The van der Waals surface area contributed by atoms with Gasteiger partial charge < -0.3 is 5.32 Å². The summed E-state index contributed by atoms with van der Waals surface area (Å²) in [6, 6.07) is 10.3. The van der Waals surface area contributed by atoms with E-state index in [2.05, 4.69) is 15.5 Å². The summed E-state index contributed by atoms with van der Waals surface area (Å²) in [4.78, 5) is 12.7. The van der Waals surface area contributed by atoms with Gasteiger partial charge >= 0.3 is 0 Å². The SMILES string of the molecule is Cc1ccc(S(=O)(=O)N2CCCC2c2nnc(C(=O)Nc3cccc(F)c3)s2)c(C)c1. The summed E-state index contributed by atoms with van der Waals surface area (Å²) in [6.45, 7) is 4.08. The number of hydrogen-bond donors (Lipinski definition) is 1. The first-order valence-corrected chi connectivity index (χ1v) is 12.0. The molecule has 1 unspecified atom stereocenters. The third-order valence-corrected chi connectivity index (χ3v) is 8.21. The van der Waals surface area contributed by atoms with Gasteiger partial charge in [-0.05, 0) is 56.5 Å². The highest BCUT2D eigenvalue weighted by Gasteiger charge is 2.39. The van der Waals surface area contributed by atoms with E-state index in [1.165, 1.54) is 22.5 Å². The summed E-state index contributed by atoms with van der Waals surface area (Å²) in [6.07, 6.45) is 1.30. The molecule has 1 amide bonds. The molecule has 10 heteroatoms. The summed E-state index contributed by atoms with van der Waals surface area (Å²) in [7, 11) is -3.72. The third kappa shape index (κ3) is 4.36. The number of nitrogens with zero attached hydrogens (tertiary/aromatic N) is 3. The second-order valence-electron chi connectivity index (χ2n) is 7.45. The summed E-state index contributed by atoms with van der Waals surface area (Å²) in [5.41, 5.74) is 1.99.